The van der Waals surface area contributed by atoms with Gasteiger partial charge in [-0.3, -0.25) is 9.69 Å². The molecule has 0 aliphatic carbocycles. The highest BCUT2D eigenvalue weighted by Gasteiger charge is 2.26. The van der Waals surface area contributed by atoms with Gasteiger partial charge in [-0.15, -0.1) is 0 Å². The number of nitrogens with one attached hydrogen (secondary N) is 1. The van der Waals surface area contributed by atoms with E-state index in [1.54, 1.807) is 6.20 Å². The minimum atomic E-state index is -0.646. The molecule has 2 aliphatic heterocycles. The van der Waals surface area contributed by atoms with Gasteiger partial charge in [0, 0.05) is 47.9 Å². The SMILES string of the molecule is Cc1c(CN2CCC[C@H](C#N)C2)n(C(C)C)c2cc(-c3nc(N[C@@H]4CCOC[C@H]4O)ncc3Cl)ccc2c1=O. The van der Waals surface area contributed by atoms with Crippen molar-refractivity contribution in [3.63, 3.8) is 0 Å². The number of benzene rings is 1. The number of pyridine rings is 1. The van der Waals surface area contributed by atoms with E-state index in [9.17, 15) is 15.2 Å². The van der Waals surface area contributed by atoms with E-state index in [2.05, 4.69) is 39.7 Å². The quantitative estimate of drug-likeness (QED) is 0.466. The van der Waals surface area contributed by atoms with Crippen molar-refractivity contribution < 1.29 is 9.84 Å². The second-order valence-corrected chi connectivity index (χ2v) is 11.3. The zero-order chi connectivity index (χ0) is 27.7. The molecule has 2 aromatic heterocycles. The number of fused-ring (bicyclic) bond motifs is 1. The second kappa shape index (κ2) is 11.6. The van der Waals surface area contributed by atoms with Gasteiger partial charge in [0.1, 0.15) is 0 Å². The molecule has 0 radical (unpaired) electrons. The van der Waals surface area contributed by atoms with Gasteiger partial charge < -0.3 is 19.7 Å². The molecule has 206 valence electrons. The summed E-state index contributed by atoms with van der Waals surface area (Å²) in [5.74, 6) is 0.402. The van der Waals surface area contributed by atoms with Gasteiger partial charge in [0.15, 0.2) is 5.43 Å². The van der Waals surface area contributed by atoms with Crippen molar-refractivity contribution >= 4 is 28.5 Å². The Kier molecular flexibility index (Phi) is 8.19. The van der Waals surface area contributed by atoms with Crippen LogP contribution in [-0.2, 0) is 11.3 Å². The molecule has 2 saturated heterocycles. The number of aliphatic hydroxyl groups is 1. The average Bonchev–Trinajstić information content (AvgIpc) is 2.93. The van der Waals surface area contributed by atoms with Crippen LogP contribution >= 0.6 is 11.6 Å². The maximum Gasteiger partial charge on any atom is 0.223 e. The van der Waals surface area contributed by atoms with Crippen LogP contribution < -0.4 is 10.7 Å². The molecule has 2 fully saturated rings. The molecule has 0 saturated carbocycles. The number of aromatic nitrogens is 3. The standard InChI is InChI=1S/C29H35ClN6O3/c1-17(2)36-24-11-20(27-22(30)13-32-29(34-27)33-23-8-10-39-16-26(23)37)6-7-21(24)28(38)18(3)25(36)15-35-9-4-5-19(12-31)14-35/h6-7,11,13,17,19,23,26,37H,4-5,8-10,14-16H2,1-3H3,(H,32,33,34)/t19-,23-,26-/m1/s1. The number of hydrogen-bond donors (Lipinski definition) is 2. The van der Waals surface area contributed by atoms with Crippen molar-refractivity contribution in [3.05, 3.63) is 50.9 Å². The molecule has 4 heterocycles. The minimum absolute atomic E-state index is 0.0157. The number of likely N-dealkylation sites (tertiary alicyclic amines) is 1. The van der Waals surface area contributed by atoms with E-state index in [0.29, 0.717) is 48.2 Å². The first-order chi connectivity index (χ1) is 18.8. The van der Waals surface area contributed by atoms with Gasteiger partial charge in [0.05, 0.1) is 53.2 Å². The Hall–Kier alpha value is -3.03. The van der Waals surface area contributed by atoms with Gasteiger partial charge in [-0.25, -0.2) is 9.97 Å². The third-order valence-electron chi connectivity index (χ3n) is 7.80. The van der Waals surface area contributed by atoms with Crippen molar-refractivity contribution in [2.24, 2.45) is 5.92 Å². The number of anilines is 1. The molecule has 0 unspecified atom stereocenters. The van der Waals surface area contributed by atoms with Crippen LogP contribution in [0.1, 0.15) is 50.4 Å². The van der Waals surface area contributed by atoms with Crippen molar-refractivity contribution in [1.82, 2.24) is 19.4 Å². The third kappa shape index (κ3) is 5.66. The number of ether oxygens (including phenoxy) is 1. The van der Waals surface area contributed by atoms with Gasteiger partial charge in [-0.2, -0.15) is 5.26 Å². The summed E-state index contributed by atoms with van der Waals surface area (Å²) in [6, 6.07) is 8.01. The lowest BCUT2D eigenvalue weighted by molar-refractivity contribution is -0.0136. The Morgan fingerprint density at radius 1 is 1.33 bits per heavy atom. The molecular formula is C29H35ClN6O3. The lowest BCUT2D eigenvalue weighted by Crippen LogP contribution is -2.42. The topological polar surface area (TPSA) is 116 Å². The van der Waals surface area contributed by atoms with E-state index >= 15 is 0 Å². The zero-order valence-electron chi connectivity index (χ0n) is 22.7. The van der Waals surface area contributed by atoms with Crippen LogP contribution in [0.2, 0.25) is 5.02 Å². The molecule has 0 amide bonds. The summed E-state index contributed by atoms with van der Waals surface area (Å²) < 4.78 is 7.56. The normalized spacial score (nSPS) is 22.2. The van der Waals surface area contributed by atoms with Crippen molar-refractivity contribution in [3.8, 4) is 17.3 Å². The van der Waals surface area contributed by atoms with Gasteiger partial charge in [-0.05, 0) is 58.7 Å². The fourth-order valence-electron chi connectivity index (χ4n) is 5.73. The number of hydrogen-bond acceptors (Lipinski definition) is 8. The Balaban J connectivity index is 1.56. The van der Waals surface area contributed by atoms with Crippen molar-refractivity contribution in [2.75, 3.05) is 31.6 Å². The Labute approximate surface area is 233 Å². The van der Waals surface area contributed by atoms with Crippen LogP contribution in [0.4, 0.5) is 5.95 Å². The van der Waals surface area contributed by atoms with Crippen LogP contribution in [-0.4, -0.2) is 63.0 Å². The van der Waals surface area contributed by atoms with E-state index in [0.717, 1.165) is 41.7 Å². The number of halogens is 1. The van der Waals surface area contributed by atoms with Crippen molar-refractivity contribution in [2.45, 2.75) is 64.8 Å². The Morgan fingerprint density at radius 2 is 2.15 bits per heavy atom. The van der Waals surface area contributed by atoms with E-state index < -0.39 is 6.10 Å². The molecule has 0 bridgehead atoms. The average molecular weight is 551 g/mol. The number of nitrogens with zero attached hydrogens (tertiary/aromatic N) is 5. The highest BCUT2D eigenvalue weighted by Crippen LogP contribution is 2.31. The van der Waals surface area contributed by atoms with Crippen LogP contribution in [0.3, 0.4) is 0 Å². The first kappa shape index (κ1) is 27.5. The van der Waals surface area contributed by atoms with Gasteiger partial charge in [0.25, 0.3) is 0 Å². The molecule has 3 atom stereocenters. The van der Waals surface area contributed by atoms with Gasteiger partial charge in [0.2, 0.25) is 5.95 Å². The summed E-state index contributed by atoms with van der Waals surface area (Å²) in [4.78, 5) is 24.8. The van der Waals surface area contributed by atoms with Crippen LogP contribution in [0.15, 0.2) is 29.2 Å². The smallest absolute Gasteiger partial charge is 0.223 e. The third-order valence-corrected chi connectivity index (χ3v) is 8.08. The largest absolute Gasteiger partial charge is 0.389 e. The summed E-state index contributed by atoms with van der Waals surface area (Å²) in [6.07, 6.45) is 3.46. The van der Waals surface area contributed by atoms with Crippen LogP contribution in [0.5, 0.6) is 0 Å². The summed E-state index contributed by atoms with van der Waals surface area (Å²) in [5, 5.41) is 24.0. The number of piperidine rings is 1. The summed E-state index contributed by atoms with van der Waals surface area (Å²) >= 11 is 6.58. The number of aliphatic hydroxyl groups excluding tert-OH is 1. The Morgan fingerprint density at radius 3 is 2.90 bits per heavy atom. The minimum Gasteiger partial charge on any atom is -0.389 e. The molecule has 39 heavy (non-hydrogen) atoms. The summed E-state index contributed by atoms with van der Waals surface area (Å²) in [5.41, 5.74) is 3.88. The van der Waals surface area contributed by atoms with Crippen molar-refractivity contribution in [1.29, 1.82) is 5.26 Å². The maximum atomic E-state index is 13.5. The highest BCUT2D eigenvalue weighted by molar-refractivity contribution is 6.33. The molecule has 9 nitrogen and oxygen atoms in total. The van der Waals surface area contributed by atoms with Gasteiger partial charge >= 0.3 is 0 Å². The predicted octanol–water partition coefficient (Wildman–Crippen LogP) is 4.30. The molecule has 2 N–H and O–H groups in total. The zero-order valence-corrected chi connectivity index (χ0v) is 23.4. The van der Waals surface area contributed by atoms with E-state index in [4.69, 9.17) is 21.3 Å². The molecule has 1 aromatic carbocycles. The van der Waals surface area contributed by atoms with E-state index in [1.165, 1.54) is 0 Å². The number of nitriles is 1. The lowest BCUT2D eigenvalue weighted by atomic mass is 9.98. The second-order valence-electron chi connectivity index (χ2n) is 10.9. The Bertz CT molecular complexity index is 1470. The van der Waals surface area contributed by atoms with Crippen LogP contribution in [0.25, 0.3) is 22.2 Å². The van der Waals surface area contributed by atoms with E-state index in [-0.39, 0.29) is 30.0 Å². The van der Waals surface area contributed by atoms with Gasteiger partial charge in [-0.1, -0.05) is 17.7 Å². The molecular weight excluding hydrogens is 516 g/mol. The molecule has 10 heteroatoms. The fourth-order valence-corrected chi connectivity index (χ4v) is 5.93. The molecule has 0 spiro atoms. The highest BCUT2D eigenvalue weighted by atomic mass is 35.5. The number of rotatable bonds is 6. The first-order valence-electron chi connectivity index (χ1n) is 13.6. The summed E-state index contributed by atoms with van der Waals surface area (Å²) in [6.45, 7) is 9.21. The molecule has 5 rings (SSSR count). The fraction of sp³-hybridized carbons (Fsp3) is 0.517. The molecule has 3 aromatic rings. The van der Waals surface area contributed by atoms with E-state index in [1.807, 2.05) is 25.1 Å². The maximum absolute atomic E-state index is 13.5. The van der Waals surface area contributed by atoms with Crippen LogP contribution in [0, 0.1) is 24.2 Å². The monoisotopic (exact) mass is 550 g/mol. The first-order valence-corrected chi connectivity index (χ1v) is 14.0. The predicted molar refractivity (Wildman–Crippen MR) is 152 cm³/mol. The summed E-state index contributed by atoms with van der Waals surface area (Å²) in [7, 11) is 0. The molecule has 2 aliphatic rings. The lowest BCUT2D eigenvalue weighted by Gasteiger charge is -2.32.